The highest BCUT2D eigenvalue weighted by Gasteiger charge is 2.12. The van der Waals surface area contributed by atoms with Crippen molar-refractivity contribution in [1.29, 1.82) is 0 Å². The Bertz CT molecular complexity index is 1280. The molecule has 0 aliphatic carbocycles. The van der Waals surface area contributed by atoms with Gasteiger partial charge < -0.3 is 11.1 Å². The molecule has 0 aliphatic heterocycles. The van der Waals surface area contributed by atoms with Crippen LogP contribution < -0.4 is 11.1 Å². The lowest BCUT2D eigenvalue weighted by Crippen LogP contribution is -2.01. The summed E-state index contributed by atoms with van der Waals surface area (Å²) in [5, 5.41) is 7.96. The lowest BCUT2D eigenvalue weighted by Gasteiger charge is -2.11. The van der Waals surface area contributed by atoms with E-state index in [1.165, 1.54) is 15.8 Å². The highest BCUT2D eigenvalue weighted by atomic mass is 32.1. The molecule has 0 fully saturated rings. The summed E-state index contributed by atoms with van der Waals surface area (Å²) in [5.74, 6) is 0. The second-order valence-corrected chi connectivity index (χ2v) is 8.21. The van der Waals surface area contributed by atoms with E-state index < -0.39 is 0 Å². The van der Waals surface area contributed by atoms with Gasteiger partial charge in [-0.25, -0.2) is 0 Å². The molecule has 146 valence electrons. The molecule has 2 heterocycles. The summed E-state index contributed by atoms with van der Waals surface area (Å²) >= 11 is 1.71. The first-order valence-electron chi connectivity index (χ1n) is 9.51. The number of aliphatic imine (C=N–C) groups is 1. The maximum Gasteiger partial charge on any atom is 0.0730 e. The number of aromatic nitrogens is 1. The molecule has 0 aliphatic rings. The number of pyridine rings is 1. The van der Waals surface area contributed by atoms with Crippen LogP contribution in [0.3, 0.4) is 0 Å². The van der Waals surface area contributed by atoms with Crippen molar-refractivity contribution >= 4 is 49.4 Å². The highest BCUT2D eigenvalue weighted by Crippen LogP contribution is 2.34. The Morgan fingerprint density at radius 2 is 1.93 bits per heavy atom. The molecule has 4 nitrogen and oxygen atoms in total. The van der Waals surface area contributed by atoms with E-state index in [0.29, 0.717) is 0 Å². The smallest absolute Gasteiger partial charge is 0.0730 e. The number of anilines is 2. The molecule has 0 saturated carbocycles. The van der Waals surface area contributed by atoms with Crippen LogP contribution in [0.2, 0.25) is 0 Å². The largest absolute Gasteiger partial charge is 0.402 e. The van der Waals surface area contributed by atoms with Crippen LogP contribution >= 0.6 is 11.3 Å². The number of hydrogen-bond acceptors (Lipinski definition) is 5. The molecular weight excluding hydrogens is 376 g/mol. The SMILES string of the molecule is CN=C(C=C(C)N)c1csc2cc3c(Nc4ccc(C)c(C)c4)ccnc3cc12. The van der Waals surface area contributed by atoms with Crippen molar-refractivity contribution in [3.8, 4) is 0 Å². The topological polar surface area (TPSA) is 63.3 Å². The summed E-state index contributed by atoms with van der Waals surface area (Å²) in [6, 6.07) is 12.8. The molecule has 4 rings (SSSR count). The quantitative estimate of drug-likeness (QED) is 0.407. The maximum absolute atomic E-state index is 5.89. The van der Waals surface area contributed by atoms with E-state index in [1.807, 2.05) is 25.3 Å². The predicted molar refractivity (Wildman–Crippen MR) is 127 cm³/mol. The van der Waals surface area contributed by atoms with Gasteiger partial charge in [0.05, 0.1) is 11.2 Å². The highest BCUT2D eigenvalue weighted by molar-refractivity contribution is 7.17. The minimum atomic E-state index is 0.740. The van der Waals surface area contributed by atoms with Crippen molar-refractivity contribution in [3.63, 3.8) is 0 Å². The average molecular weight is 401 g/mol. The number of nitrogens with zero attached hydrogens (tertiary/aromatic N) is 2. The van der Waals surface area contributed by atoms with Crippen LogP contribution in [0.25, 0.3) is 21.0 Å². The van der Waals surface area contributed by atoms with Gasteiger partial charge in [0.1, 0.15) is 0 Å². The molecule has 0 atom stereocenters. The zero-order valence-electron chi connectivity index (χ0n) is 17.1. The fraction of sp³-hybridized carbons (Fsp3) is 0.167. The Balaban J connectivity index is 1.82. The van der Waals surface area contributed by atoms with E-state index in [9.17, 15) is 0 Å². The van der Waals surface area contributed by atoms with Gasteiger partial charge in [-0.15, -0.1) is 11.3 Å². The number of rotatable bonds is 4. The van der Waals surface area contributed by atoms with Crippen LogP contribution in [0.5, 0.6) is 0 Å². The third-order valence-corrected chi connectivity index (χ3v) is 6.05. The standard InChI is InChI=1S/C24H24N4S/c1-14-5-6-17(9-15(14)2)28-21-7-8-27-23-11-18-20(22(26-4)10-16(3)25)13-29-24(18)12-19(21)23/h5-13H,25H2,1-4H3,(H,27,28). The molecule has 5 heteroatoms. The number of nitrogens with one attached hydrogen (secondary N) is 1. The summed E-state index contributed by atoms with van der Waals surface area (Å²) in [6.07, 6.45) is 3.76. The predicted octanol–water partition coefficient (Wildman–Crippen LogP) is 6.09. The zero-order chi connectivity index (χ0) is 20.5. The third kappa shape index (κ3) is 3.74. The first-order chi connectivity index (χ1) is 14.0. The fourth-order valence-electron chi connectivity index (χ4n) is 3.43. The van der Waals surface area contributed by atoms with E-state index in [1.54, 1.807) is 18.4 Å². The molecule has 0 spiro atoms. The van der Waals surface area contributed by atoms with Gasteiger partial charge in [0.15, 0.2) is 0 Å². The molecule has 3 N–H and O–H groups in total. The zero-order valence-corrected chi connectivity index (χ0v) is 17.9. The number of hydrogen-bond donors (Lipinski definition) is 2. The molecule has 2 aromatic carbocycles. The number of thiophene rings is 1. The fourth-order valence-corrected chi connectivity index (χ4v) is 4.40. The molecule has 4 aromatic rings. The van der Waals surface area contributed by atoms with E-state index in [-0.39, 0.29) is 0 Å². The van der Waals surface area contributed by atoms with Crippen molar-refractivity contribution in [2.75, 3.05) is 12.4 Å². The van der Waals surface area contributed by atoms with Crippen molar-refractivity contribution in [2.45, 2.75) is 20.8 Å². The Morgan fingerprint density at radius 1 is 1.10 bits per heavy atom. The van der Waals surface area contributed by atoms with E-state index in [0.717, 1.165) is 44.6 Å². The summed E-state index contributed by atoms with van der Waals surface area (Å²) in [6.45, 7) is 6.13. The number of nitrogens with two attached hydrogens (primary N) is 1. The normalized spacial score (nSPS) is 12.7. The summed E-state index contributed by atoms with van der Waals surface area (Å²) in [4.78, 5) is 9.04. The van der Waals surface area contributed by atoms with Gasteiger partial charge in [0, 0.05) is 56.7 Å². The number of benzene rings is 2. The van der Waals surface area contributed by atoms with Gasteiger partial charge in [-0.3, -0.25) is 9.98 Å². The molecular formula is C24H24N4S. The van der Waals surface area contributed by atoms with E-state index in [4.69, 9.17) is 5.73 Å². The minimum Gasteiger partial charge on any atom is -0.402 e. The van der Waals surface area contributed by atoms with Gasteiger partial charge in [-0.2, -0.15) is 0 Å². The van der Waals surface area contributed by atoms with Crippen LogP contribution in [0, 0.1) is 13.8 Å². The van der Waals surface area contributed by atoms with Crippen LogP contribution in [0.1, 0.15) is 23.6 Å². The summed E-state index contributed by atoms with van der Waals surface area (Å²) < 4.78 is 1.20. The Labute approximate surface area is 174 Å². The Kier molecular flexibility index (Phi) is 5.07. The third-order valence-electron chi connectivity index (χ3n) is 5.10. The van der Waals surface area contributed by atoms with Crippen LogP contribution in [-0.2, 0) is 0 Å². The molecule has 0 bridgehead atoms. The first kappa shape index (κ1) is 19.2. The van der Waals surface area contributed by atoms with Gasteiger partial charge in [-0.05, 0) is 68.3 Å². The van der Waals surface area contributed by atoms with Crippen LogP contribution in [-0.4, -0.2) is 17.7 Å². The van der Waals surface area contributed by atoms with Gasteiger partial charge >= 0.3 is 0 Å². The molecule has 0 amide bonds. The summed E-state index contributed by atoms with van der Waals surface area (Å²) in [5.41, 5.74) is 14.3. The number of aryl methyl sites for hydroxylation is 2. The van der Waals surface area contributed by atoms with Crippen molar-refractivity contribution < 1.29 is 0 Å². The number of allylic oxidation sites excluding steroid dienone is 2. The lowest BCUT2D eigenvalue weighted by molar-refractivity contribution is 1.32. The molecule has 0 radical (unpaired) electrons. The van der Waals surface area contributed by atoms with E-state index in [2.05, 4.69) is 64.9 Å². The molecule has 0 unspecified atom stereocenters. The van der Waals surface area contributed by atoms with Gasteiger partial charge in [0.25, 0.3) is 0 Å². The van der Waals surface area contributed by atoms with E-state index >= 15 is 0 Å². The van der Waals surface area contributed by atoms with Crippen LogP contribution in [0.15, 0.2) is 64.7 Å². The Hall–Kier alpha value is -3.18. The monoisotopic (exact) mass is 400 g/mol. The maximum atomic E-state index is 5.89. The van der Waals surface area contributed by atoms with Crippen LogP contribution in [0.4, 0.5) is 11.4 Å². The Morgan fingerprint density at radius 3 is 2.66 bits per heavy atom. The second-order valence-electron chi connectivity index (χ2n) is 7.29. The summed E-state index contributed by atoms with van der Waals surface area (Å²) in [7, 11) is 1.79. The number of fused-ring (bicyclic) bond motifs is 2. The molecule has 29 heavy (non-hydrogen) atoms. The molecule has 0 saturated heterocycles. The van der Waals surface area contributed by atoms with Crippen molar-refractivity contribution in [2.24, 2.45) is 10.7 Å². The van der Waals surface area contributed by atoms with Crippen molar-refractivity contribution in [1.82, 2.24) is 4.98 Å². The minimum absolute atomic E-state index is 0.740. The van der Waals surface area contributed by atoms with Gasteiger partial charge in [0.2, 0.25) is 0 Å². The van der Waals surface area contributed by atoms with Crippen molar-refractivity contribution in [3.05, 3.63) is 76.4 Å². The first-order valence-corrected chi connectivity index (χ1v) is 10.4. The van der Waals surface area contributed by atoms with Gasteiger partial charge in [-0.1, -0.05) is 6.07 Å². The molecule has 2 aromatic heterocycles. The lowest BCUT2D eigenvalue weighted by atomic mass is 10.0. The average Bonchev–Trinajstić information content (AvgIpc) is 3.10. The second kappa shape index (κ2) is 7.68.